The van der Waals surface area contributed by atoms with Gasteiger partial charge in [-0.2, -0.15) is 0 Å². The molecule has 0 aliphatic carbocycles. The van der Waals surface area contributed by atoms with Crippen LogP contribution in [0.2, 0.25) is 0 Å². The van der Waals surface area contributed by atoms with Gasteiger partial charge in [0.2, 0.25) is 5.91 Å². The van der Waals surface area contributed by atoms with Crippen LogP contribution in [0.15, 0.2) is 0 Å². The SMILES string of the molecule is CCC(C)(C)NC(=O)C(C)OC1CCCNC1C. The number of carbonyl (C=O) groups is 1. The van der Waals surface area contributed by atoms with Gasteiger partial charge in [0.05, 0.1) is 6.10 Å². The number of ether oxygens (including phenoxy) is 1. The number of carbonyl (C=O) groups excluding carboxylic acids is 1. The van der Waals surface area contributed by atoms with E-state index in [4.69, 9.17) is 4.74 Å². The van der Waals surface area contributed by atoms with Gasteiger partial charge in [0.25, 0.3) is 0 Å². The lowest BCUT2D eigenvalue weighted by Gasteiger charge is -2.33. The van der Waals surface area contributed by atoms with Crippen LogP contribution in [0, 0.1) is 0 Å². The maximum Gasteiger partial charge on any atom is 0.249 e. The minimum atomic E-state index is -0.386. The van der Waals surface area contributed by atoms with Gasteiger partial charge >= 0.3 is 0 Å². The van der Waals surface area contributed by atoms with Crippen molar-refractivity contribution in [3.8, 4) is 0 Å². The lowest BCUT2D eigenvalue weighted by Crippen LogP contribution is -2.51. The molecule has 1 rings (SSSR count). The fourth-order valence-electron chi connectivity index (χ4n) is 2.05. The number of amides is 1. The molecule has 0 saturated carbocycles. The molecule has 18 heavy (non-hydrogen) atoms. The Bertz CT molecular complexity index is 279. The maximum absolute atomic E-state index is 12.0. The van der Waals surface area contributed by atoms with Crippen LogP contribution in [0.1, 0.15) is 53.9 Å². The van der Waals surface area contributed by atoms with Crippen LogP contribution in [0.3, 0.4) is 0 Å². The molecule has 1 fully saturated rings. The summed E-state index contributed by atoms with van der Waals surface area (Å²) in [6, 6.07) is 0.327. The van der Waals surface area contributed by atoms with Crippen LogP contribution in [0.25, 0.3) is 0 Å². The number of hydrogen-bond acceptors (Lipinski definition) is 3. The summed E-state index contributed by atoms with van der Waals surface area (Å²) in [5, 5.41) is 6.40. The largest absolute Gasteiger partial charge is 0.364 e. The van der Waals surface area contributed by atoms with Crippen LogP contribution in [-0.4, -0.2) is 36.2 Å². The van der Waals surface area contributed by atoms with Crippen molar-refractivity contribution in [3.63, 3.8) is 0 Å². The average Bonchev–Trinajstić information content (AvgIpc) is 2.31. The van der Waals surface area contributed by atoms with Gasteiger partial charge in [0.15, 0.2) is 0 Å². The Morgan fingerprint density at radius 1 is 1.56 bits per heavy atom. The molecule has 0 aromatic heterocycles. The molecule has 106 valence electrons. The van der Waals surface area contributed by atoms with Gasteiger partial charge in [0, 0.05) is 11.6 Å². The predicted octanol–water partition coefficient (Wildman–Crippen LogP) is 1.84. The van der Waals surface area contributed by atoms with Crippen LogP contribution >= 0.6 is 0 Å². The monoisotopic (exact) mass is 256 g/mol. The van der Waals surface area contributed by atoms with E-state index < -0.39 is 0 Å². The van der Waals surface area contributed by atoms with Crippen molar-refractivity contribution >= 4 is 5.91 Å². The predicted molar refractivity (Wildman–Crippen MR) is 73.5 cm³/mol. The maximum atomic E-state index is 12.0. The molecule has 1 aliphatic rings. The van der Waals surface area contributed by atoms with E-state index >= 15 is 0 Å². The van der Waals surface area contributed by atoms with Crippen LogP contribution in [-0.2, 0) is 9.53 Å². The molecule has 3 atom stereocenters. The summed E-state index contributed by atoms with van der Waals surface area (Å²) >= 11 is 0. The summed E-state index contributed by atoms with van der Waals surface area (Å²) in [5.41, 5.74) is -0.162. The number of piperidine rings is 1. The van der Waals surface area contributed by atoms with Gasteiger partial charge < -0.3 is 15.4 Å². The Morgan fingerprint density at radius 3 is 2.78 bits per heavy atom. The summed E-state index contributed by atoms with van der Waals surface area (Å²) in [7, 11) is 0. The summed E-state index contributed by atoms with van der Waals surface area (Å²) < 4.78 is 5.88. The highest BCUT2D eigenvalue weighted by atomic mass is 16.5. The number of nitrogens with one attached hydrogen (secondary N) is 2. The van der Waals surface area contributed by atoms with Crippen molar-refractivity contribution in [3.05, 3.63) is 0 Å². The zero-order chi connectivity index (χ0) is 13.8. The molecule has 0 bridgehead atoms. The number of hydrogen-bond donors (Lipinski definition) is 2. The van der Waals surface area contributed by atoms with Gasteiger partial charge in [-0.25, -0.2) is 0 Å². The van der Waals surface area contributed by atoms with Crippen molar-refractivity contribution in [1.29, 1.82) is 0 Å². The zero-order valence-electron chi connectivity index (χ0n) is 12.4. The first kappa shape index (κ1) is 15.4. The van der Waals surface area contributed by atoms with Crippen LogP contribution in [0.5, 0.6) is 0 Å². The summed E-state index contributed by atoms with van der Waals surface area (Å²) in [4.78, 5) is 12.0. The first-order valence-electron chi connectivity index (χ1n) is 7.06. The molecule has 1 amide bonds. The highest BCUT2D eigenvalue weighted by Crippen LogP contribution is 2.15. The molecule has 0 aromatic carbocycles. The molecule has 0 radical (unpaired) electrons. The van der Waals surface area contributed by atoms with Gasteiger partial charge in [-0.05, 0) is 53.5 Å². The van der Waals surface area contributed by atoms with Gasteiger partial charge in [0.1, 0.15) is 6.10 Å². The molecule has 4 nitrogen and oxygen atoms in total. The quantitative estimate of drug-likeness (QED) is 0.789. The lowest BCUT2D eigenvalue weighted by molar-refractivity contribution is -0.139. The second-order valence-corrected chi connectivity index (χ2v) is 5.93. The molecule has 0 aromatic rings. The second-order valence-electron chi connectivity index (χ2n) is 5.93. The highest BCUT2D eigenvalue weighted by Gasteiger charge is 2.28. The van der Waals surface area contributed by atoms with E-state index in [1.165, 1.54) is 0 Å². The zero-order valence-corrected chi connectivity index (χ0v) is 12.4. The Morgan fingerprint density at radius 2 is 2.22 bits per heavy atom. The highest BCUT2D eigenvalue weighted by molar-refractivity contribution is 5.81. The Kier molecular flexibility index (Phi) is 5.60. The standard InChI is InChI=1S/C14H28N2O2/c1-6-14(4,5)16-13(17)11(3)18-12-8-7-9-15-10(12)2/h10-12,15H,6-9H2,1-5H3,(H,16,17). The van der Waals surface area contributed by atoms with Crippen LogP contribution in [0.4, 0.5) is 0 Å². The van der Waals surface area contributed by atoms with Crippen LogP contribution < -0.4 is 10.6 Å². The first-order valence-corrected chi connectivity index (χ1v) is 7.06. The molecular weight excluding hydrogens is 228 g/mol. The minimum absolute atomic E-state index is 0.0142. The van der Waals surface area contributed by atoms with Gasteiger partial charge in [-0.1, -0.05) is 6.92 Å². The molecule has 1 heterocycles. The van der Waals surface area contributed by atoms with Crippen molar-refractivity contribution in [2.75, 3.05) is 6.54 Å². The van der Waals surface area contributed by atoms with E-state index in [0.717, 1.165) is 25.8 Å². The van der Waals surface area contributed by atoms with Crippen molar-refractivity contribution in [2.24, 2.45) is 0 Å². The third-order valence-corrected chi connectivity index (χ3v) is 3.78. The average molecular weight is 256 g/mol. The molecule has 4 heteroatoms. The molecule has 3 unspecified atom stereocenters. The van der Waals surface area contributed by atoms with E-state index in [-0.39, 0.29) is 23.7 Å². The summed E-state index contributed by atoms with van der Waals surface area (Å²) in [6.07, 6.45) is 2.81. The van der Waals surface area contributed by atoms with Crippen molar-refractivity contribution in [2.45, 2.75) is 77.7 Å². The molecule has 1 saturated heterocycles. The minimum Gasteiger partial charge on any atom is -0.364 e. The third kappa shape index (κ3) is 4.58. The summed E-state index contributed by atoms with van der Waals surface area (Å²) in [6.45, 7) is 11.1. The topological polar surface area (TPSA) is 50.4 Å². The fourth-order valence-corrected chi connectivity index (χ4v) is 2.05. The van der Waals surface area contributed by atoms with Gasteiger partial charge in [-0.3, -0.25) is 4.79 Å². The number of rotatable bonds is 5. The van der Waals surface area contributed by atoms with Crippen molar-refractivity contribution in [1.82, 2.24) is 10.6 Å². The third-order valence-electron chi connectivity index (χ3n) is 3.78. The molecule has 1 aliphatic heterocycles. The Labute approximate surface area is 111 Å². The molecular formula is C14H28N2O2. The lowest BCUT2D eigenvalue weighted by atomic mass is 10.0. The Balaban J connectivity index is 2.44. The van der Waals surface area contributed by atoms with E-state index in [9.17, 15) is 4.79 Å². The van der Waals surface area contributed by atoms with Gasteiger partial charge in [-0.15, -0.1) is 0 Å². The smallest absolute Gasteiger partial charge is 0.249 e. The second kappa shape index (κ2) is 6.53. The van der Waals surface area contributed by atoms with E-state index in [1.807, 2.05) is 20.8 Å². The Hall–Kier alpha value is -0.610. The first-order chi connectivity index (χ1) is 8.35. The van der Waals surface area contributed by atoms with E-state index in [0.29, 0.717) is 6.04 Å². The molecule has 2 N–H and O–H groups in total. The van der Waals surface area contributed by atoms with Crippen molar-refractivity contribution < 1.29 is 9.53 Å². The molecule has 0 spiro atoms. The normalized spacial score (nSPS) is 26.7. The summed E-state index contributed by atoms with van der Waals surface area (Å²) in [5.74, 6) is -0.0142. The van der Waals surface area contributed by atoms with E-state index in [1.54, 1.807) is 0 Å². The van der Waals surface area contributed by atoms with E-state index in [2.05, 4.69) is 24.5 Å². The fraction of sp³-hybridized carbons (Fsp3) is 0.929.